The van der Waals surface area contributed by atoms with Crippen LogP contribution in [-0.2, 0) is 24.9 Å². The third-order valence-electron chi connectivity index (χ3n) is 2.21. The summed E-state index contributed by atoms with van der Waals surface area (Å²) in [4.78, 5) is 0. The molecule has 0 saturated heterocycles. The van der Waals surface area contributed by atoms with Gasteiger partial charge in [-0.3, -0.25) is 4.68 Å². The first-order chi connectivity index (χ1) is 8.19. The highest BCUT2D eigenvalue weighted by Gasteiger charge is 2.08. The van der Waals surface area contributed by atoms with Gasteiger partial charge in [0.15, 0.2) is 0 Å². The van der Waals surface area contributed by atoms with Gasteiger partial charge < -0.3 is 4.74 Å². The maximum absolute atomic E-state index is 6.02. The number of rotatable bonds is 5. The maximum atomic E-state index is 6.02. The fourth-order valence-corrected chi connectivity index (χ4v) is 1.69. The zero-order chi connectivity index (χ0) is 12.3. The van der Waals surface area contributed by atoms with Crippen molar-refractivity contribution in [1.82, 2.24) is 24.8 Å². The zero-order valence-corrected chi connectivity index (χ0v) is 10.6. The van der Waals surface area contributed by atoms with E-state index in [9.17, 15) is 0 Å². The van der Waals surface area contributed by atoms with Gasteiger partial charge in [-0.15, -0.1) is 5.10 Å². The van der Waals surface area contributed by atoms with Crippen LogP contribution in [0.5, 0.6) is 0 Å². The molecule has 0 unspecified atom stereocenters. The second-order valence-electron chi connectivity index (χ2n) is 3.64. The van der Waals surface area contributed by atoms with Crippen LogP contribution in [0.4, 0.5) is 0 Å². The molecule has 2 aromatic heterocycles. The normalized spacial score (nSPS) is 11.0. The van der Waals surface area contributed by atoms with Gasteiger partial charge in [-0.1, -0.05) is 16.8 Å². The number of aryl methyl sites for hydroxylation is 1. The van der Waals surface area contributed by atoms with Gasteiger partial charge in [0.1, 0.15) is 11.4 Å². The molecule has 7 heteroatoms. The standard InChI is InChI=1S/C10H14ClN5O/c1-3-17-7-8-4-16(14-12-8)6-10-9(11)5-15(2)13-10/h4-5H,3,6-7H2,1-2H3. The lowest BCUT2D eigenvalue weighted by Crippen LogP contribution is -2.02. The third kappa shape index (κ3) is 3.04. The van der Waals surface area contributed by atoms with Crippen molar-refractivity contribution in [1.29, 1.82) is 0 Å². The quantitative estimate of drug-likeness (QED) is 0.807. The monoisotopic (exact) mass is 255 g/mol. The van der Waals surface area contributed by atoms with Crippen LogP contribution in [0, 0.1) is 0 Å². The molecule has 0 spiro atoms. The van der Waals surface area contributed by atoms with Gasteiger partial charge in [-0.2, -0.15) is 5.10 Å². The number of hydrogen-bond donors (Lipinski definition) is 0. The van der Waals surface area contributed by atoms with E-state index in [1.165, 1.54) is 0 Å². The number of nitrogens with zero attached hydrogens (tertiary/aromatic N) is 5. The lowest BCUT2D eigenvalue weighted by atomic mass is 10.4. The number of aromatic nitrogens is 5. The number of hydrogen-bond acceptors (Lipinski definition) is 4. The molecule has 0 aliphatic heterocycles. The Kier molecular flexibility index (Phi) is 3.75. The first kappa shape index (κ1) is 12.1. The van der Waals surface area contributed by atoms with Crippen molar-refractivity contribution in [2.75, 3.05) is 6.61 Å². The Morgan fingerprint density at radius 3 is 2.88 bits per heavy atom. The van der Waals surface area contributed by atoms with E-state index in [1.54, 1.807) is 15.6 Å². The van der Waals surface area contributed by atoms with Gasteiger partial charge in [-0.25, -0.2) is 4.68 Å². The largest absolute Gasteiger partial charge is 0.375 e. The summed E-state index contributed by atoms with van der Waals surface area (Å²) < 4.78 is 8.62. The van der Waals surface area contributed by atoms with E-state index in [0.29, 0.717) is 24.8 Å². The van der Waals surface area contributed by atoms with Crippen LogP contribution in [0.25, 0.3) is 0 Å². The molecule has 0 aliphatic rings. The molecule has 0 aromatic carbocycles. The molecule has 0 saturated carbocycles. The summed E-state index contributed by atoms with van der Waals surface area (Å²) in [6.07, 6.45) is 3.59. The Morgan fingerprint density at radius 2 is 2.24 bits per heavy atom. The molecule has 2 heterocycles. The average molecular weight is 256 g/mol. The van der Waals surface area contributed by atoms with Gasteiger partial charge in [0, 0.05) is 19.9 Å². The van der Waals surface area contributed by atoms with Crippen LogP contribution >= 0.6 is 11.6 Å². The first-order valence-corrected chi connectivity index (χ1v) is 5.71. The highest BCUT2D eigenvalue weighted by atomic mass is 35.5. The van der Waals surface area contributed by atoms with Crippen LogP contribution < -0.4 is 0 Å². The van der Waals surface area contributed by atoms with Gasteiger partial charge in [0.2, 0.25) is 0 Å². The predicted octanol–water partition coefficient (Wildman–Crippen LogP) is 1.25. The molecule has 0 radical (unpaired) electrons. The Labute approximate surface area is 104 Å². The maximum Gasteiger partial charge on any atom is 0.108 e. The summed E-state index contributed by atoms with van der Waals surface area (Å²) in [5, 5.41) is 12.9. The number of ether oxygens (including phenoxy) is 1. The van der Waals surface area contributed by atoms with Crippen molar-refractivity contribution >= 4 is 11.6 Å². The van der Waals surface area contributed by atoms with Crippen LogP contribution in [-0.4, -0.2) is 31.4 Å². The molecular weight excluding hydrogens is 242 g/mol. The molecule has 2 aromatic rings. The smallest absolute Gasteiger partial charge is 0.108 e. The van der Waals surface area contributed by atoms with E-state index in [2.05, 4.69) is 15.4 Å². The van der Waals surface area contributed by atoms with Crippen LogP contribution in [0.15, 0.2) is 12.4 Å². The minimum absolute atomic E-state index is 0.479. The fourth-order valence-electron chi connectivity index (χ4n) is 1.45. The summed E-state index contributed by atoms with van der Waals surface area (Å²) in [5.74, 6) is 0. The third-order valence-corrected chi connectivity index (χ3v) is 2.52. The second-order valence-corrected chi connectivity index (χ2v) is 4.05. The minimum atomic E-state index is 0.479. The van der Waals surface area contributed by atoms with E-state index in [-0.39, 0.29) is 0 Å². The molecular formula is C10H14ClN5O. The first-order valence-electron chi connectivity index (χ1n) is 5.33. The van der Waals surface area contributed by atoms with E-state index in [0.717, 1.165) is 11.4 Å². The predicted molar refractivity (Wildman–Crippen MR) is 62.7 cm³/mol. The second kappa shape index (κ2) is 5.29. The Hall–Kier alpha value is -1.40. The molecule has 92 valence electrons. The van der Waals surface area contributed by atoms with Crippen molar-refractivity contribution in [3.05, 3.63) is 28.8 Å². The highest BCUT2D eigenvalue weighted by Crippen LogP contribution is 2.14. The van der Waals surface area contributed by atoms with E-state index >= 15 is 0 Å². The Morgan fingerprint density at radius 1 is 1.41 bits per heavy atom. The van der Waals surface area contributed by atoms with Crippen molar-refractivity contribution in [3.8, 4) is 0 Å². The lowest BCUT2D eigenvalue weighted by molar-refractivity contribution is 0.131. The van der Waals surface area contributed by atoms with Crippen molar-refractivity contribution in [3.63, 3.8) is 0 Å². The summed E-state index contributed by atoms with van der Waals surface area (Å²) >= 11 is 6.02. The molecule has 6 nitrogen and oxygen atoms in total. The molecule has 0 N–H and O–H groups in total. The van der Waals surface area contributed by atoms with Crippen molar-refractivity contribution in [2.45, 2.75) is 20.1 Å². The van der Waals surface area contributed by atoms with E-state index in [1.807, 2.05) is 20.2 Å². The van der Waals surface area contributed by atoms with Gasteiger partial charge in [-0.05, 0) is 6.92 Å². The van der Waals surface area contributed by atoms with E-state index < -0.39 is 0 Å². The molecule has 0 bridgehead atoms. The van der Waals surface area contributed by atoms with Gasteiger partial charge in [0.25, 0.3) is 0 Å². The molecule has 17 heavy (non-hydrogen) atoms. The molecule has 0 aliphatic carbocycles. The summed E-state index contributed by atoms with van der Waals surface area (Å²) in [5.41, 5.74) is 1.58. The van der Waals surface area contributed by atoms with Crippen LogP contribution in [0.1, 0.15) is 18.3 Å². The highest BCUT2D eigenvalue weighted by molar-refractivity contribution is 6.31. The molecule has 0 fully saturated rings. The van der Waals surface area contributed by atoms with Crippen molar-refractivity contribution in [2.24, 2.45) is 7.05 Å². The summed E-state index contributed by atoms with van der Waals surface area (Å²) in [7, 11) is 1.83. The topological polar surface area (TPSA) is 57.8 Å². The summed E-state index contributed by atoms with van der Waals surface area (Å²) in [6.45, 7) is 3.60. The average Bonchev–Trinajstić information content (AvgIpc) is 2.84. The SMILES string of the molecule is CCOCc1cn(Cc2nn(C)cc2Cl)nn1. The molecule has 2 rings (SSSR count). The van der Waals surface area contributed by atoms with E-state index in [4.69, 9.17) is 16.3 Å². The van der Waals surface area contributed by atoms with Crippen molar-refractivity contribution < 1.29 is 4.74 Å². The summed E-state index contributed by atoms with van der Waals surface area (Å²) in [6, 6.07) is 0. The number of halogens is 1. The van der Waals surface area contributed by atoms with Gasteiger partial charge >= 0.3 is 0 Å². The fraction of sp³-hybridized carbons (Fsp3) is 0.500. The molecule has 0 atom stereocenters. The minimum Gasteiger partial charge on any atom is -0.375 e. The Balaban J connectivity index is 2.03. The van der Waals surface area contributed by atoms with Crippen LogP contribution in [0.3, 0.4) is 0 Å². The molecule has 0 amide bonds. The zero-order valence-electron chi connectivity index (χ0n) is 9.80. The lowest BCUT2D eigenvalue weighted by Gasteiger charge is -1.96. The Bertz CT molecular complexity index is 493. The van der Waals surface area contributed by atoms with Crippen LogP contribution in [0.2, 0.25) is 5.02 Å². The van der Waals surface area contributed by atoms with Gasteiger partial charge in [0.05, 0.1) is 24.4 Å².